The number of carbonyl (C=O) groups excluding carboxylic acids is 1. The SMILES string of the molecule is CC(C)(C)c1ccccc1C(=O)NCC(Oc1ccc(F)cc1)C(=O)O. The van der Waals surface area contributed by atoms with Crippen LogP contribution in [0.15, 0.2) is 48.5 Å². The lowest BCUT2D eigenvalue weighted by molar-refractivity contribution is -0.144. The van der Waals surface area contributed by atoms with Gasteiger partial charge in [-0.3, -0.25) is 4.79 Å². The summed E-state index contributed by atoms with van der Waals surface area (Å²) in [5, 5.41) is 11.9. The molecular formula is C20H22FNO4. The van der Waals surface area contributed by atoms with Gasteiger partial charge in [-0.2, -0.15) is 0 Å². The van der Waals surface area contributed by atoms with Crippen molar-refractivity contribution in [3.63, 3.8) is 0 Å². The lowest BCUT2D eigenvalue weighted by Gasteiger charge is -2.23. The Bertz CT molecular complexity index is 781. The van der Waals surface area contributed by atoms with Crippen LogP contribution in [0.25, 0.3) is 0 Å². The number of nitrogens with one attached hydrogen (secondary N) is 1. The third-order valence-corrected chi connectivity index (χ3v) is 3.80. The Labute approximate surface area is 151 Å². The lowest BCUT2D eigenvalue weighted by Crippen LogP contribution is -2.40. The van der Waals surface area contributed by atoms with Gasteiger partial charge in [0.25, 0.3) is 5.91 Å². The van der Waals surface area contributed by atoms with Crippen LogP contribution in [0.3, 0.4) is 0 Å². The van der Waals surface area contributed by atoms with E-state index < -0.39 is 17.9 Å². The number of halogens is 1. The molecule has 0 spiro atoms. The topological polar surface area (TPSA) is 75.6 Å². The number of amides is 1. The van der Waals surface area contributed by atoms with E-state index >= 15 is 0 Å². The minimum Gasteiger partial charge on any atom is -0.478 e. The van der Waals surface area contributed by atoms with Gasteiger partial charge in [0.15, 0.2) is 0 Å². The van der Waals surface area contributed by atoms with E-state index in [-0.39, 0.29) is 23.6 Å². The van der Waals surface area contributed by atoms with Crippen LogP contribution in [-0.4, -0.2) is 29.6 Å². The van der Waals surface area contributed by atoms with E-state index in [4.69, 9.17) is 4.74 Å². The zero-order valence-electron chi connectivity index (χ0n) is 15.0. The number of hydrogen-bond acceptors (Lipinski definition) is 3. The summed E-state index contributed by atoms with van der Waals surface area (Å²) >= 11 is 0. The van der Waals surface area contributed by atoms with Gasteiger partial charge in [-0.1, -0.05) is 39.0 Å². The van der Waals surface area contributed by atoms with Gasteiger partial charge in [-0.25, -0.2) is 9.18 Å². The van der Waals surface area contributed by atoms with Crippen LogP contribution in [0.5, 0.6) is 5.75 Å². The highest BCUT2D eigenvalue weighted by atomic mass is 19.1. The van der Waals surface area contributed by atoms with Crippen LogP contribution in [0, 0.1) is 5.82 Å². The first-order valence-electron chi connectivity index (χ1n) is 8.21. The summed E-state index contributed by atoms with van der Waals surface area (Å²) in [6.07, 6.45) is -1.29. The van der Waals surface area contributed by atoms with E-state index in [1.165, 1.54) is 24.3 Å². The van der Waals surface area contributed by atoms with Crippen molar-refractivity contribution in [1.29, 1.82) is 0 Å². The quantitative estimate of drug-likeness (QED) is 0.829. The lowest BCUT2D eigenvalue weighted by atomic mass is 9.83. The van der Waals surface area contributed by atoms with Crippen molar-refractivity contribution in [3.8, 4) is 5.75 Å². The highest BCUT2D eigenvalue weighted by Crippen LogP contribution is 2.25. The Morgan fingerprint density at radius 1 is 1.12 bits per heavy atom. The van der Waals surface area contributed by atoms with E-state index in [1.807, 2.05) is 32.9 Å². The summed E-state index contributed by atoms with van der Waals surface area (Å²) in [4.78, 5) is 23.9. The van der Waals surface area contributed by atoms with Crippen molar-refractivity contribution >= 4 is 11.9 Å². The Kier molecular flexibility index (Phi) is 5.97. The second kappa shape index (κ2) is 7.99. The molecule has 0 saturated carbocycles. The molecule has 5 nitrogen and oxygen atoms in total. The van der Waals surface area contributed by atoms with Gasteiger partial charge in [0.2, 0.25) is 6.10 Å². The van der Waals surface area contributed by atoms with Gasteiger partial charge in [-0.05, 0) is 41.3 Å². The third kappa shape index (κ3) is 5.05. The molecule has 0 heterocycles. The fourth-order valence-corrected chi connectivity index (χ4v) is 2.47. The van der Waals surface area contributed by atoms with E-state index in [1.54, 1.807) is 12.1 Å². The summed E-state index contributed by atoms with van der Waals surface area (Å²) in [5.41, 5.74) is 1.12. The summed E-state index contributed by atoms with van der Waals surface area (Å²) < 4.78 is 18.3. The molecule has 2 rings (SSSR count). The summed E-state index contributed by atoms with van der Waals surface area (Å²) in [6.45, 7) is 5.77. The first-order chi connectivity index (χ1) is 12.2. The molecule has 0 aliphatic carbocycles. The van der Waals surface area contributed by atoms with Crippen molar-refractivity contribution in [2.45, 2.75) is 32.3 Å². The molecule has 2 aromatic rings. The number of ether oxygens (including phenoxy) is 1. The summed E-state index contributed by atoms with van der Waals surface area (Å²) in [5.74, 6) is -1.83. The second-order valence-electron chi connectivity index (χ2n) is 6.90. The molecule has 2 aromatic carbocycles. The number of aliphatic carboxylic acids is 1. The second-order valence-corrected chi connectivity index (χ2v) is 6.90. The van der Waals surface area contributed by atoms with Crippen LogP contribution in [0.1, 0.15) is 36.7 Å². The Morgan fingerprint density at radius 2 is 1.73 bits per heavy atom. The maximum atomic E-state index is 12.9. The van der Waals surface area contributed by atoms with Crippen LogP contribution in [0.2, 0.25) is 0 Å². The number of carbonyl (C=O) groups is 2. The molecule has 6 heteroatoms. The largest absolute Gasteiger partial charge is 0.478 e. The van der Waals surface area contributed by atoms with Crippen molar-refractivity contribution in [3.05, 3.63) is 65.5 Å². The normalized spacial score (nSPS) is 12.3. The van der Waals surface area contributed by atoms with Gasteiger partial charge in [0, 0.05) is 5.56 Å². The fourth-order valence-electron chi connectivity index (χ4n) is 2.47. The molecule has 0 fully saturated rings. The van der Waals surface area contributed by atoms with Crippen LogP contribution >= 0.6 is 0 Å². The minimum absolute atomic E-state index is 0.211. The van der Waals surface area contributed by atoms with Crippen molar-refractivity contribution < 1.29 is 23.8 Å². The summed E-state index contributed by atoms with van der Waals surface area (Å²) in [6, 6.07) is 12.2. The first-order valence-corrected chi connectivity index (χ1v) is 8.21. The molecule has 0 aliphatic heterocycles. The number of benzene rings is 2. The molecule has 26 heavy (non-hydrogen) atoms. The molecule has 1 atom stereocenters. The van der Waals surface area contributed by atoms with Gasteiger partial charge in [-0.15, -0.1) is 0 Å². The molecule has 0 aromatic heterocycles. The molecule has 1 amide bonds. The molecule has 0 radical (unpaired) electrons. The number of rotatable bonds is 6. The van der Waals surface area contributed by atoms with E-state index in [9.17, 15) is 19.1 Å². The van der Waals surface area contributed by atoms with Gasteiger partial charge in [0.1, 0.15) is 11.6 Å². The van der Waals surface area contributed by atoms with Crippen LogP contribution < -0.4 is 10.1 Å². The summed E-state index contributed by atoms with van der Waals surface area (Å²) in [7, 11) is 0. The minimum atomic E-state index is -1.29. The van der Waals surface area contributed by atoms with E-state index in [2.05, 4.69) is 5.32 Å². The molecular weight excluding hydrogens is 337 g/mol. The average Bonchev–Trinajstić information content (AvgIpc) is 2.59. The predicted molar refractivity (Wildman–Crippen MR) is 95.9 cm³/mol. The zero-order chi connectivity index (χ0) is 19.3. The average molecular weight is 359 g/mol. The molecule has 138 valence electrons. The third-order valence-electron chi connectivity index (χ3n) is 3.80. The van der Waals surface area contributed by atoms with Crippen molar-refractivity contribution in [2.24, 2.45) is 0 Å². The smallest absolute Gasteiger partial charge is 0.346 e. The Balaban J connectivity index is 2.09. The maximum absolute atomic E-state index is 12.9. The molecule has 2 N–H and O–H groups in total. The van der Waals surface area contributed by atoms with Gasteiger partial charge < -0.3 is 15.2 Å². The van der Waals surface area contributed by atoms with Gasteiger partial charge >= 0.3 is 5.97 Å². The van der Waals surface area contributed by atoms with E-state index in [0.717, 1.165) is 5.56 Å². The van der Waals surface area contributed by atoms with Crippen molar-refractivity contribution in [1.82, 2.24) is 5.32 Å². The zero-order valence-corrected chi connectivity index (χ0v) is 15.0. The maximum Gasteiger partial charge on any atom is 0.346 e. The monoisotopic (exact) mass is 359 g/mol. The molecule has 0 bridgehead atoms. The first kappa shape index (κ1) is 19.4. The van der Waals surface area contributed by atoms with Crippen LogP contribution in [0.4, 0.5) is 4.39 Å². The molecule has 0 aliphatic rings. The molecule has 0 saturated heterocycles. The Morgan fingerprint density at radius 3 is 2.31 bits per heavy atom. The number of carboxylic acid groups (broad SMARTS) is 1. The fraction of sp³-hybridized carbons (Fsp3) is 0.300. The Hall–Kier alpha value is -2.89. The van der Waals surface area contributed by atoms with E-state index in [0.29, 0.717) is 5.56 Å². The van der Waals surface area contributed by atoms with Gasteiger partial charge in [0.05, 0.1) is 6.54 Å². The standard InChI is InChI=1S/C20H22FNO4/c1-20(2,3)16-7-5-4-6-15(16)18(23)22-12-17(19(24)25)26-14-10-8-13(21)9-11-14/h4-11,17H,12H2,1-3H3,(H,22,23)(H,24,25). The van der Waals surface area contributed by atoms with Crippen molar-refractivity contribution in [2.75, 3.05) is 6.54 Å². The predicted octanol–water partition coefficient (Wildman–Crippen LogP) is 3.39. The molecule has 1 unspecified atom stereocenters. The number of carboxylic acids is 1. The van der Waals surface area contributed by atoms with Crippen LogP contribution in [-0.2, 0) is 10.2 Å². The highest BCUT2D eigenvalue weighted by Gasteiger charge is 2.24. The number of hydrogen-bond donors (Lipinski definition) is 2. The highest BCUT2D eigenvalue weighted by molar-refractivity contribution is 5.96.